The summed E-state index contributed by atoms with van der Waals surface area (Å²) in [5.41, 5.74) is 3.89. The second kappa shape index (κ2) is 6.14. The highest BCUT2D eigenvalue weighted by Gasteiger charge is 2.16. The Morgan fingerprint density at radius 1 is 1.22 bits per heavy atom. The number of nitrogens with one attached hydrogen (secondary N) is 1. The molecule has 0 saturated carbocycles. The van der Waals surface area contributed by atoms with Gasteiger partial charge in [-0.1, -0.05) is 30.3 Å². The van der Waals surface area contributed by atoms with Gasteiger partial charge in [0, 0.05) is 18.8 Å². The summed E-state index contributed by atoms with van der Waals surface area (Å²) in [5.74, 6) is 0.0263. The number of hydrogen-bond acceptors (Lipinski definition) is 3. The summed E-state index contributed by atoms with van der Waals surface area (Å²) in [6.07, 6.45) is 3.83. The third kappa shape index (κ3) is 3.06. The molecular weight excluding hydrogens is 228 g/mol. The quantitative estimate of drug-likeness (QED) is 0.821. The number of hydroxylamine groups is 1. The van der Waals surface area contributed by atoms with Crippen LogP contribution in [0.3, 0.4) is 0 Å². The molecule has 0 spiro atoms. The highest BCUT2D eigenvalue weighted by molar-refractivity contribution is 5.79. The second-order valence-electron chi connectivity index (χ2n) is 3.97. The van der Waals surface area contributed by atoms with Crippen molar-refractivity contribution in [3.05, 3.63) is 60.4 Å². The summed E-state index contributed by atoms with van der Waals surface area (Å²) in [4.78, 5) is 17.0. The van der Waals surface area contributed by atoms with Crippen LogP contribution < -0.4 is 5.48 Å². The minimum atomic E-state index is -0.147. The van der Waals surface area contributed by atoms with E-state index < -0.39 is 0 Å². The Morgan fingerprint density at radius 2 is 1.89 bits per heavy atom. The minimum absolute atomic E-state index is 0.0263. The molecule has 0 radical (unpaired) electrons. The van der Waals surface area contributed by atoms with Gasteiger partial charge in [-0.05, 0) is 17.7 Å². The molecule has 0 fully saturated rings. The molecule has 2 aromatic rings. The first kappa shape index (κ1) is 12.5. The smallest absolute Gasteiger partial charge is 0.232 e. The first-order valence-electron chi connectivity index (χ1n) is 5.81. The van der Waals surface area contributed by atoms with Crippen LogP contribution in [0.15, 0.2) is 54.9 Å². The van der Waals surface area contributed by atoms with E-state index in [9.17, 15) is 4.79 Å². The van der Waals surface area contributed by atoms with E-state index in [1.54, 1.807) is 24.1 Å². The molecular formula is C14H16N2O2. The van der Waals surface area contributed by atoms with Gasteiger partial charge >= 0.3 is 0 Å². The highest BCUT2D eigenvalue weighted by atomic mass is 16.6. The van der Waals surface area contributed by atoms with Crippen LogP contribution in [0, 0.1) is 0 Å². The molecule has 1 aromatic heterocycles. The minimum Gasteiger partial charge on any atom is -0.305 e. The lowest BCUT2D eigenvalue weighted by Gasteiger charge is -2.17. The Balaban J connectivity index is 2.10. The van der Waals surface area contributed by atoms with Gasteiger partial charge in [-0.2, -0.15) is 5.48 Å². The Hall–Kier alpha value is -1.91. The average Bonchev–Trinajstić information content (AvgIpc) is 2.93. The van der Waals surface area contributed by atoms with Gasteiger partial charge in [0.05, 0.1) is 13.2 Å². The van der Waals surface area contributed by atoms with Crippen LogP contribution in [-0.2, 0) is 4.84 Å². The van der Waals surface area contributed by atoms with E-state index >= 15 is 0 Å². The number of carbonyl (C=O) groups excluding carboxylic acids is 1. The molecule has 1 unspecified atom stereocenters. The molecule has 0 aliphatic carbocycles. The Kier molecular flexibility index (Phi) is 4.28. The van der Waals surface area contributed by atoms with Crippen molar-refractivity contribution in [3.8, 4) is 0 Å². The summed E-state index contributed by atoms with van der Waals surface area (Å²) < 4.78 is 1.58. The Labute approximate surface area is 106 Å². The lowest BCUT2D eigenvalue weighted by molar-refractivity contribution is 0.0521. The van der Waals surface area contributed by atoms with E-state index in [1.165, 1.54) is 0 Å². The third-order valence-electron chi connectivity index (χ3n) is 2.73. The van der Waals surface area contributed by atoms with Crippen molar-refractivity contribution < 1.29 is 9.63 Å². The fourth-order valence-electron chi connectivity index (χ4n) is 1.84. The zero-order valence-electron chi connectivity index (χ0n) is 10.2. The van der Waals surface area contributed by atoms with Gasteiger partial charge in [0.15, 0.2) is 0 Å². The lowest BCUT2D eigenvalue weighted by Crippen LogP contribution is -2.24. The van der Waals surface area contributed by atoms with Crippen molar-refractivity contribution in [1.29, 1.82) is 0 Å². The van der Waals surface area contributed by atoms with Gasteiger partial charge in [0.2, 0.25) is 5.91 Å². The maximum absolute atomic E-state index is 12.0. The zero-order chi connectivity index (χ0) is 12.8. The predicted octanol–water partition coefficient (Wildman–Crippen LogP) is 2.41. The van der Waals surface area contributed by atoms with Crippen molar-refractivity contribution in [2.45, 2.75) is 12.5 Å². The van der Waals surface area contributed by atoms with Gasteiger partial charge in [0.25, 0.3) is 0 Å². The first-order valence-corrected chi connectivity index (χ1v) is 5.81. The molecule has 1 heterocycles. The van der Waals surface area contributed by atoms with E-state index in [2.05, 4.69) is 5.48 Å². The first-order chi connectivity index (χ1) is 8.81. The van der Waals surface area contributed by atoms with Gasteiger partial charge in [0.1, 0.15) is 0 Å². The molecule has 0 amide bonds. The number of hydrogen-bond donors (Lipinski definition) is 1. The second-order valence-corrected chi connectivity index (χ2v) is 3.97. The molecule has 0 aliphatic rings. The van der Waals surface area contributed by atoms with Crippen LogP contribution in [0.25, 0.3) is 0 Å². The molecule has 2 rings (SSSR count). The summed E-state index contributed by atoms with van der Waals surface area (Å²) in [6.45, 7) is 0. The van der Waals surface area contributed by atoms with Crippen molar-refractivity contribution in [2.75, 3.05) is 7.11 Å². The van der Waals surface area contributed by atoms with Gasteiger partial charge in [-0.25, -0.2) is 0 Å². The molecule has 0 aliphatic heterocycles. The van der Waals surface area contributed by atoms with Crippen LogP contribution >= 0.6 is 0 Å². The summed E-state index contributed by atoms with van der Waals surface area (Å²) >= 11 is 0. The van der Waals surface area contributed by atoms with E-state index in [-0.39, 0.29) is 11.9 Å². The lowest BCUT2D eigenvalue weighted by atomic mass is 10.0. The number of nitrogens with zero attached hydrogens (tertiary/aromatic N) is 1. The van der Waals surface area contributed by atoms with Crippen LogP contribution in [0.2, 0.25) is 0 Å². The topological polar surface area (TPSA) is 43.3 Å². The van der Waals surface area contributed by atoms with E-state index in [1.807, 2.05) is 42.5 Å². The van der Waals surface area contributed by atoms with Crippen molar-refractivity contribution in [3.63, 3.8) is 0 Å². The monoisotopic (exact) mass is 244 g/mol. The number of carbonyl (C=O) groups is 1. The molecule has 1 atom stereocenters. The normalized spacial score (nSPS) is 12.3. The molecule has 1 N–H and O–H groups in total. The van der Waals surface area contributed by atoms with E-state index in [4.69, 9.17) is 4.84 Å². The molecule has 4 heteroatoms. The van der Waals surface area contributed by atoms with Crippen molar-refractivity contribution in [2.24, 2.45) is 0 Å². The zero-order valence-corrected chi connectivity index (χ0v) is 10.2. The summed E-state index contributed by atoms with van der Waals surface area (Å²) in [6, 6.07) is 13.3. The SMILES string of the molecule is CONC(CC(=O)n1cccc1)c1ccccc1. The van der Waals surface area contributed by atoms with Crippen LogP contribution in [0.5, 0.6) is 0 Å². The van der Waals surface area contributed by atoms with Gasteiger partial charge in [-0.3, -0.25) is 9.36 Å². The standard InChI is InChI=1S/C14H16N2O2/c1-18-15-13(12-7-3-2-4-8-12)11-14(17)16-9-5-6-10-16/h2-10,13,15H,11H2,1H3. The maximum Gasteiger partial charge on any atom is 0.232 e. The molecule has 4 nitrogen and oxygen atoms in total. The van der Waals surface area contributed by atoms with Crippen LogP contribution in [-0.4, -0.2) is 17.6 Å². The number of benzene rings is 1. The van der Waals surface area contributed by atoms with Gasteiger partial charge < -0.3 is 4.84 Å². The number of aromatic nitrogens is 1. The molecule has 0 saturated heterocycles. The summed E-state index contributed by atoms with van der Waals surface area (Å²) in [5, 5.41) is 0. The van der Waals surface area contributed by atoms with Gasteiger partial charge in [-0.15, -0.1) is 0 Å². The number of rotatable bonds is 5. The summed E-state index contributed by atoms with van der Waals surface area (Å²) in [7, 11) is 1.55. The molecule has 18 heavy (non-hydrogen) atoms. The highest BCUT2D eigenvalue weighted by Crippen LogP contribution is 2.17. The third-order valence-corrected chi connectivity index (χ3v) is 2.73. The Bertz CT molecular complexity index is 480. The van der Waals surface area contributed by atoms with Crippen LogP contribution in [0.1, 0.15) is 22.8 Å². The van der Waals surface area contributed by atoms with Crippen LogP contribution in [0.4, 0.5) is 0 Å². The fourth-order valence-corrected chi connectivity index (χ4v) is 1.84. The maximum atomic E-state index is 12.0. The van der Waals surface area contributed by atoms with Crippen molar-refractivity contribution >= 4 is 5.91 Å². The van der Waals surface area contributed by atoms with E-state index in [0.29, 0.717) is 6.42 Å². The molecule has 94 valence electrons. The van der Waals surface area contributed by atoms with Crippen molar-refractivity contribution in [1.82, 2.24) is 10.0 Å². The molecule has 1 aromatic carbocycles. The van der Waals surface area contributed by atoms with E-state index in [0.717, 1.165) is 5.56 Å². The largest absolute Gasteiger partial charge is 0.305 e. The molecule has 0 bridgehead atoms. The Morgan fingerprint density at radius 3 is 2.50 bits per heavy atom. The fraction of sp³-hybridized carbons (Fsp3) is 0.214. The predicted molar refractivity (Wildman–Crippen MR) is 69.0 cm³/mol. The average molecular weight is 244 g/mol.